The molecule has 0 radical (unpaired) electrons. The molecule has 172 valence electrons. The van der Waals surface area contributed by atoms with Crippen molar-refractivity contribution in [3.05, 3.63) is 23.2 Å². The summed E-state index contributed by atoms with van der Waals surface area (Å²) in [4.78, 5) is 6.00. The summed E-state index contributed by atoms with van der Waals surface area (Å²) >= 11 is 0. The maximum Gasteiger partial charge on any atom is 0.401 e. The Morgan fingerprint density at radius 2 is 1.93 bits per heavy atom. The highest BCUT2D eigenvalue weighted by Gasteiger charge is 2.32. The summed E-state index contributed by atoms with van der Waals surface area (Å²) in [7, 11) is 0. The zero-order valence-corrected chi connectivity index (χ0v) is 18.4. The summed E-state index contributed by atoms with van der Waals surface area (Å²) in [5.74, 6) is 2.45. The van der Waals surface area contributed by atoms with Crippen LogP contribution >= 0.6 is 0 Å². The van der Waals surface area contributed by atoms with E-state index < -0.39 is 18.3 Å². The minimum atomic E-state index is -4.12. The SMILES string of the molecule is CCNC(=NCC(C)(O)c1cc(C)oc1C)NCCC1CCN(CC(F)(F)F)CC1. The Balaban J connectivity index is 1.81. The topological polar surface area (TPSA) is 73.0 Å². The van der Waals surface area contributed by atoms with E-state index in [9.17, 15) is 18.3 Å². The van der Waals surface area contributed by atoms with Crippen molar-refractivity contribution in [2.45, 2.75) is 58.7 Å². The van der Waals surface area contributed by atoms with Gasteiger partial charge in [-0.1, -0.05) is 0 Å². The van der Waals surface area contributed by atoms with E-state index in [-0.39, 0.29) is 6.54 Å². The molecule has 1 unspecified atom stereocenters. The summed E-state index contributed by atoms with van der Waals surface area (Å²) in [6.07, 6.45) is -1.69. The number of aryl methyl sites for hydroxylation is 2. The fourth-order valence-corrected chi connectivity index (χ4v) is 3.91. The lowest BCUT2D eigenvalue weighted by Crippen LogP contribution is -2.42. The number of nitrogens with zero attached hydrogens (tertiary/aromatic N) is 2. The van der Waals surface area contributed by atoms with Gasteiger partial charge in [0, 0.05) is 18.7 Å². The second-order valence-electron chi connectivity index (χ2n) is 8.35. The first-order valence-electron chi connectivity index (χ1n) is 10.6. The molecule has 1 fully saturated rings. The molecule has 1 saturated heterocycles. The molecule has 1 aliphatic heterocycles. The molecule has 1 aliphatic rings. The molecule has 6 nitrogen and oxygen atoms in total. The molecule has 2 rings (SSSR count). The van der Waals surface area contributed by atoms with Crippen molar-refractivity contribution in [2.24, 2.45) is 10.9 Å². The lowest BCUT2D eigenvalue weighted by atomic mass is 9.93. The van der Waals surface area contributed by atoms with Crippen molar-refractivity contribution in [2.75, 3.05) is 39.3 Å². The van der Waals surface area contributed by atoms with Crippen molar-refractivity contribution < 1.29 is 22.7 Å². The molecule has 0 bridgehead atoms. The third kappa shape index (κ3) is 7.83. The Bertz CT molecular complexity index is 693. The number of hydrogen-bond donors (Lipinski definition) is 3. The quantitative estimate of drug-likeness (QED) is 0.434. The van der Waals surface area contributed by atoms with Gasteiger partial charge in [0.2, 0.25) is 0 Å². The summed E-state index contributed by atoms with van der Waals surface area (Å²) in [6.45, 7) is 9.06. The Morgan fingerprint density at radius 1 is 1.27 bits per heavy atom. The first-order chi connectivity index (χ1) is 14.0. The van der Waals surface area contributed by atoms with Gasteiger partial charge in [-0.15, -0.1) is 0 Å². The van der Waals surface area contributed by atoms with Crippen LogP contribution in [0.15, 0.2) is 15.5 Å². The van der Waals surface area contributed by atoms with Gasteiger partial charge in [-0.2, -0.15) is 13.2 Å². The van der Waals surface area contributed by atoms with Gasteiger partial charge in [-0.3, -0.25) is 4.90 Å². The summed E-state index contributed by atoms with van der Waals surface area (Å²) < 4.78 is 43.0. The number of hydrogen-bond acceptors (Lipinski definition) is 4. The van der Waals surface area contributed by atoms with Gasteiger partial charge in [0.25, 0.3) is 0 Å². The van der Waals surface area contributed by atoms with E-state index in [1.54, 1.807) is 6.92 Å². The van der Waals surface area contributed by atoms with E-state index in [1.807, 2.05) is 26.8 Å². The van der Waals surface area contributed by atoms with E-state index in [0.717, 1.165) is 30.6 Å². The van der Waals surface area contributed by atoms with Crippen LogP contribution in [0, 0.1) is 19.8 Å². The fraction of sp³-hybridized carbons (Fsp3) is 0.762. The second kappa shape index (κ2) is 10.5. The normalized spacial score (nSPS) is 19.0. The van der Waals surface area contributed by atoms with E-state index in [4.69, 9.17) is 4.42 Å². The number of halogens is 3. The smallest absolute Gasteiger partial charge is 0.401 e. The molecular formula is C21H35F3N4O2. The summed E-state index contributed by atoms with van der Waals surface area (Å²) in [5, 5.41) is 17.3. The zero-order chi connectivity index (χ0) is 22.4. The minimum Gasteiger partial charge on any atom is -0.466 e. The van der Waals surface area contributed by atoms with Crippen LogP contribution in [0.3, 0.4) is 0 Å². The second-order valence-corrected chi connectivity index (χ2v) is 8.35. The number of nitrogens with one attached hydrogen (secondary N) is 2. The third-order valence-corrected chi connectivity index (χ3v) is 5.47. The van der Waals surface area contributed by atoms with Crippen LogP contribution in [0.5, 0.6) is 0 Å². The third-order valence-electron chi connectivity index (χ3n) is 5.47. The molecular weight excluding hydrogens is 397 g/mol. The maximum absolute atomic E-state index is 12.5. The maximum atomic E-state index is 12.5. The molecule has 1 aromatic rings. The van der Waals surface area contributed by atoms with Gasteiger partial charge in [0.05, 0.1) is 13.1 Å². The molecule has 1 atom stereocenters. The van der Waals surface area contributed by atoms with Crippen molar-refractivity contribution in [1.29, 1.82) is 0 Å². The van der Waals surface area contributed by atoms with Crippen LogP contribution in [0.25, 0.3) is 0 Å². The summed E-state index contributed by atoms with van der Waals surface area (Å²) in [5.41, 5.74) is -0.416. The molecule has 9 heteroatoms. The average molecular weight is 433 g/mol. The predicted molar refractivity (Wildman–Crippen MR) is 112 cm³/mol. The number of piperidine rings is 1. The fourth-order valence-electron chi connectivity index (χ4n) is 3.91. The Labute approximate surface area is 176 Å². The number of guanidine groups is 1. The van der Waals surface area contributed by atoms with Crippen LogP contribution in [0.1, 0.15) is 50.2 Å². The highest BCUT2D eigenvalue weighted by molar-refractivity contribution is 5.79. The summed E-state index contributed by atoms with van der Waals surface area (Å²) in [6, 6.07) is 1.83. The molecule has 0 aromatic carbocycles. The van der Waals surface area contributed by atoms with E-state index in [2.05, 4.69) is 15.6 Å². The van der Waals surface area contributed by atoms with Gasteiger partial charge < -0.3 is 20.2 Å². The van der Waals surface area contributed by atoms with E-state index in [0.29, 0.717) is 43.8 Å². The highest BCUT2D eigenvalue weighted by atomic mass is 19.4. The number of alkyl halides is 3. The van der Waals surface area contributed by atoms with Crippen LogP contribution in [-0.2, 0) is 5.60 Å². The van der Waals surface area contributed by atoms with Crippen molar-refractivity contribution >= 4 is 5.96 Å². The number of furan rings is 1. The number of rotatable bonds is 8. The first kappa shape index (κ1) is 24.5. The van der Waals surface area contributed by atoms with Crippen molar-refractivity contribution in [3.8, 4) is 0 Å². The molecule has 1 aromatic heterocycles. The highest BCUT2D eigenvalue weighted by Crippen LogP contribution is 2.27. The molecule has 3 N–H and O–H groups in total. The number of likely N-dealkylation sites (tertiary alicyclic amines) is 1. The number of aliphatic imine (C=N–C) groups is 1. The van der Waals surface area contributed by atoms with Gasteiger partial charge in [-0.25, -0.2) is 4.99 Å². The molecule has 0 aliphatic carbocycles. The lowest BCUT2D eigenvalue weighted by molar-refractivity contribution is -0.148. The standard InChI is InChI=1S/C21H35F3N4O2/c1-5-25-19(27-13-20(4,29)18-12-15(2)30-16(18)3)26-9-6-17-7-10-28(11-8-17)14-21(22,23)24/h12,17,29H,5-11,13-14H2,1-4H3,(H2,25,26,27). The largest absolute Gasteiger partial charge is 0.466 e. The van der Waals surface area contributed by atoms with Gasteiger partial charge in [0.15, 0.2) is 5.96 Å². The van der Waals surface area contributed by atoms with Crippen molar-refractivity contribution in [1.82, 2.24) is 15.5 Å². The van der Waals surface area contributed by atoms with Crippen LogP contribution in [-0.4, -0.2) is 61.4 Å². The molecule has 30 heavy (non-hydrogen) atoms. The van der Waals surface area contributed by atoms with Crippen molar-refractivity contribution in [3.63, 3.8) is 0 Å². The average Bonchev–Trinajstić information content (AvgIpc) is 2.99. The minimum absolute atomic E-state index is 0.179. The van der Waals surface area contributed by atoms with Crippen LogP contribution in [0.4, 0.5) is 13.2 Å². The zero-order valence-electron chi connectivity index (χ0n) is 18.4. The van der Waals surface area contributed by atoms with E-state index >= 15 is 0 Å². The van der Waals surface area contributed by atoms with E-state index in [1.165, 1.54) is 4.90 Å². The predicted octanol–water partition coefficient (Wildman–Crippen LogP) is 3.32. The number of aliphatic hydroxyl groups is 1. The molecule has 0 spiro atoms. The molecule has 0 amide bonds. The van der Waals surface area contributed by atoms with Crippen LogP contribution in [0.2, 0.25) is 0 Å². The monoisotopic (exact) mass is 432 g/mol. The Morgan fingerprint density at radius 3 is 2.47 bits per heavy atom. The van der Waals surface area contributed by atoms with Gasteiger partial charge in [0.1, 0.15) is 17.1 Å². The van der Waals surface area contributed by atoms with Gasteiger partial charge in [-0.05, 0) is 72.0 Å². The lowest BCUT2D eigenvalue weighted by Gasteiger charge is -2.32. The Kier molecular flexibility index (Phi) is 8.61. The van der Waals surface area contributed by atoms with Crippen LogP contribution < -0.4 is 10.6 Å². The first-order valence-corrected chi connectivity index (χ1v) is 10.6. The molecule has 0 saturated carbocycles. The molecule has 2 heterocycles. The van der Waals surface area contributed by atoms with Gasteiger partial charge >= 0.3 is 6.18 Å². The Hall–Kier alpha value is -1.74.